The first-order valence-corrected chi connectivity index (χ1v) is 7.70. The predicted octanol–water partition coefficient (Wildman–Crippen LogP) is 2.71. The summed E-state index contributed by atoms with van der Waals surface area (Å²) in [5, 5.41) is 6.55. The maximum Gasteiger partial charge on any atom is 0.240 e. The number of nitrogens with zero attached hydrogens (tertiary/aromatic N) is 2. The highest BCUT2D eigenvalue weighted by Gasteiger charge is 2.06. The lowest BCUT2D eigenvalue weighted by Crippen LogP contribution is -2.20. The van der Waals surface area contributed by atoms with Crippen LogP contribution in [-0.2, 0) is 9.59 Å². The van der Waals surface area contributed by atoms with Crippen molar-refractivity contribution in [3.63, 3.8) is 0 Å². The van der Waals surface area contributed by atoms with Crippen LogP contribution in [-0.4, -0.2) is 23.0 Å². The van der Waals surface area contributed by atoms with Crippen molar-refractivity contribution < 1.29 is 9.59 Å². The summed E-state index contributed by atoms with van der Waals surface area (Å²) in [7, 11) is 0. The van der Waals surface area contributed by atoms with E-state index in [-0.39, 0.29) is 24.7 Å². The number of nitrogens with one attached hydrogen (secondary N) is 2. The van der Waals surface area contributed by atoms with Crippen LogP contribution in [0, 0.1) is 0 Å². The van der Waals surface area contributed by atoms with Crippen molar-refractivity contribution in [2.75, 3.05) is 5.32 Å². The van der Waals surface area contributed by atoms with Gasteiger partial charge in [-0.3, -0.25) is 14.6 Å². The smallest absolute Gasteiger partial charge is 0.240 e. The Morgan fingerprint density at radius 3 is 2.39 bits per heavy atom. The third kappa shape index (κ3) is 6.39. The van der Waals surface area contributed by atoms with Crippen molar-refractivity contribution in [2.45, 2.75) is 12.8 Å². The van der Waals surface area contributed by atoms with E-state index in [2.05, 4.69) is 36.8 Å². The molecule has 2 amide bonds. The van der Waals surface area contributed by atoms with Crippen LogP contribution in [0.2, 0.25) is 0 Å². The predicted molar refractivity (Wildman–Crippen MR) is 92.0 cm³/mol. The fourth-order valence-electron chi connectivity index (χ4n) is 1.67. The monoisotopic (exact) mass is 374 g/mol. The van der Waals surface area contributed by atoms with Crippen LogP contribution in [0.4, 0.5) is 5.69 Å². The van der Waals surface area contributed by atoms with Gasteiger partial charge in [-0.25, -0.2) is 5.43 Å². The number of hydrazone groups is 1. The summed E-state index contributed by atoms with van der Waals surface area (Å²) in [5.41, 5.74) is 3.90. The van der Waals surface area contributed by atoms with E-state index in [1.165, 1.54) is 6.21 Å². The number of aromatic nitrogens is 1. The van der Waals surface area contributed by atoms with E-state index >= 15 is 0 Å². The molecule has 2 N–H and O–H groups in total. The van der Waals surface area contributed by atoms with Crippen molar-refractivity contribution in [1.29, 1.82) is 0 Å². The molecule has 2 rings (SSSR count). The number of halogens is 1. The number of hydrogen-bond acceptors (Lipinski definition) is 4. The zero-order valence-corrected chi connectivity index (χ0v) is 13.8. The van der Waals surface area contributed by atoms with Crippen LogP contribution in [0.1, 0.15) is 18.4 Å². The minimum Gasteiger partial charge on any atom is -0.326 e. The molecule has 0 aliphatic carbocycles. The first kappa shape index (κ1) is 16.8. The lowest BCUT2D eigenvalue weighted by Gasteiger charge is -2.04. The molecule has 0 atom stereocenters. The summed E-state index contributed by atoms with van der Waals surface area (Å²) >= 11 is 3.32. The minimum absolute atomic E-state index is 0.0655. The second-order valence-corrected chi connectivity index (χ2v) is 5.54. The Kier molecular flexibility index (Phi) is 6.43. The molecule has 23 heavy (non-hydrogen) atoms. The maximum atomic E-state index is 11.7. The van der Waals surface area contributed by atoms with Crippen LogP contribution < -0.4 is 10.7 Å². The van der Waals surface area contributed by atoms with Crippen LogP contribution in [0.5, 0.6) is 0 Å². The van der Waals surface area contributed by atoms with Gasteiger partial charge >= 0.3 is 0 Å². The molecular weight excluding hydrogens is 360 g/mol. The van der Waals surface area contributed by atoms with Gasteiger partial charge in [0, 0.05) is 35.4 Å². The molecule has 6 nitrogen and oxygen atoms in total. The topological polar surface area (TPSA) is 83.5 Å². The van der Waals surface area contributed by atoms with Crippen LogP contribution in [0.15, 0.2) is 58.4 Å². The van der Waals surface area contributed by atoms with Crippen LogP contribution >= 0.6 is 15.9 Å². The van der Waals surface area contributed by atoms with E-state index < -0.39 is 0 Å². The van der Waals surface area contributed by atoms with Crippen LogP contribution in [0.3, 0.4) is 0 Å². The molecule has 2 aromatic rings. The van der Waals surface area contributed by atoms with Crippen molar-refractivity contribution in [3.8, 4) is 0 Å². The van der Waals surface area contributed by atoms with Gasteiger partial charge in [0.05, 0.1) is 6.21 Å². The van der Waals surface area contributed by atoms with Gasteiger partial charge in [0.25, 0.3) is 0 Å². The number of anilines is 1. The Morgan fingerprint density at radius 1 is 1.04 bits per heavy atom. The van der Waals surface area contributed by atoms with Gasteiger partial charge < -0.3 is 5.32 Å². The summed E-state index contributed by atoms with van der Waals surface area (Å²) in [6, 6.07) is 10.7. The van der Waals surface area contributed by atoms with E-state index in [1.807, 2.05) is 12.1 Å². The molecular formula is C16H15BrN4O2. The lowest BCUT2D eigenvalue weighted by atomic mass is 10.2. The highest BCUT2D eigenvalue weighted by atomic mass is 79.9. The van der Waals surface area contributed by atoms with Gasteiger partial charge in [-0.05, 0) is 42.0 Å². The van der Waals surface area contributed by atoms with Gasteiger partial charge in [0.1, 0.15) is 0 Å². The molecule has 0 bridgehead atoms. The molecule has 0 aliphatic rings. The first-order chi connectivity index (χ1) is 11.1. The standard InChI is InChI=1S/C16H15BrN4O2/c17-13-1-3-14(4-2-13)20-15(22)5-6-16(23)21-19-11-12-7-9-18-10-8-12/h1-4,7-11H,5-6H2,(H,20,22)(H,21,23). The van der Waals surface area contributed by atoms with Crippen molar-refractivity contribution in [2.24, 2.45) is 5.10 Å². The van der Waals surface area contributed by atoms with E-state index in [9.17, 15) is 9.59 Å². The minimum atomic E-state index is -0.318. The molecule has 0 aliphatic heterocycles. The molecule has 0 saturated heterocycles. The van der Waals surface area contributed by atoms with E-state index in [1.54, 1.807) is 36.7 Å². The Morgan fingerprint density at radius 2 is 1.70 bits per heavy atom. The van der Waals surface area contributed by atoms with Gasteiger partial charge in [-0.15, -0.1) is 0 Å². The summed E-state index contributed by atoms with van der Waals surface area (Å²) in [6.45, 7) is 0. The summed E-state index contributed by atoms with van der Waals surface area (Å²) in [6.07, 6.45) is 4.94. The molecule has 1 heterocycles. The average molecular weight is 375 g/mol. The second kappa shape index (κ2) is 8.79. The Labute approximate surface area is 142 Å². The van der Waals surface area contributed by atoms with E-state index in [0.29, 0.717) is 5.69 Å². The second-order valence-electron chi connectivity index (χ2n) is 4.63. The Hall–Kier alpha value is -2.54. The molecule has 0 radical (unpaired) electrons. The van der Waals surface area contributed by atoms with E-state index in [4.69, 9.17) is 0 Å². The maximum absolute atomic E-state index is 11.7. The molecule has 7 heteroatoms. The normalized spacial score (nSPS) is 10.5. The summed E-state index contributed by atoms with van der Waals surface area (Å²) < 4.78 is 0.932. The Bertz CT molecular complexity index is 687. The highest BCUT2D eigenvalue weighted by molar-refractivity contribution is 9.10. The van der Waals surface area contributed by atoms with E-state index in [0.717, 1.165) is 10.0 Å². The molecule has 0 spiro atoms. The fourth-order valence-corrected chi connectivity index (χ4v) is 1.93. The van der Waals surface area contributed by atoms with Crippen LogP contribution in [0.25, 0.3) is 0 Å². The molecule has 0 unspecified atom stereocenters. The molecule has 118 valence electrons. The molecule has 1 aromatic carbocycles. The number of benzene rings is 1. The number of hydrogen-bond donors (Lipinski definition) is 2. The molecule has 0 fully saturated rings. The summed E-state index contributed by atoms with van der Waals surface area (Å²) in [5.74, 6) is -0.540. The van der Waals surface area contributed by atoms with Gasteiger partial charge in [0.15, 0.2) is 0 Å². The van der Waals surface area contributed by atoms with Crippen molar-refractivity contribution >= 4 is 39.6 Å². The SMILES string of the molecule is O=C(CCC(=O)Nc1ccc(Br)cc1)NN=Cc1ccncc1. The quantitative estimate of drug-likeness (QED) is 0.602. The number of amides is 2. The zero-order chi connectivity index (χ0) is 16.5. The molecule has 1 aromatic heterocycles. The van der Waals surface area contributed by atoms with Crippen molar-refractivity contribution in [1.82, 2.24) is 10.4 Å². The Balaban J connectivity index is 1.70. The molecule has 0 saturated carbocycles. The fraction of sp³-hybridized carbons (Fsp3) is 0.125. The number of carbonyl (C=O) groups is 2. The first-order valence-electron chi connectivity index (χ1n) is 6.91. The third-order valence-electron chi connectivity index (χ3n) is 2.82. The van der Waals surface area contributed by atoms with Gasteiger partial charge in [-0.1, -0.05) is 15.9 Å². The number of carbonyl (C=O) groups excluding carboxylic acids is 2. The summed E-state index contributed by atoms with van der Waals surface area (Å²) in [4.78, 5) is 27.2. The number of pyridine rings is 1. The largest absolute Gasteiger partial charge is 0.326 e. The zero-order valence-electron chi connectivity index (χ0n) is 12.2. The third-order valence-corrected chi connectivity index (χ3v) is 3.34. The van der Waals surface area contributed by atoms with Crippen molar-refractivity contribution in [3.05, 3.63) is 58.8 Å². The van der Waals surface area contributed by atoms with Gasteiger partial charge in [-0.2, -0.15) is 5.10 Å². The lowest BCUT2D eigenvalue weighted by molar-refractivity contribution is -0.124. The number of rotatable bonds is 6. The highest BCUT2D eigenvalue weighted by Crippen LogP contribution is 2.14. The average Bonchev–Trinajstić information content (AvgIpc) is 2.56. The van der Waals surface area contributed by atoms with Gasteiger partial charge in [0.2, 0.25) is 11.8 Å².